The fourth-order valence-corrected chi connectivity index (χ4v) is 3.35. The van der Waals surface area contributed by atoms with Crippen LogP contribution in [0.4, 0.5) is 5.69 Å². The number of halogens is 1. The van der Waals surface area contributed by atoms with Gasteiger partial charge in [-0.05, 0) is 36.4 Å². The molecule has 3 rings (SSSR count). The highest BCUT2D eigenvalue weighted by atomic mass is 35.5. The molecule has 0 aromatic heterocycles. The SMILES string of the molecule is COc1ccc(C(=O)N2CCN(c3ccc(Cl)cc3C#N)CC2)cc1OC. The normalized spacial score (nSPS) is 13.9. The van der Waals surface area contributed by atoms with Crippen LogP contribution >= 0.6 is 11.6 Å². The van der Waals surface area contributed by atoms with Crippen molar-refractivity contribution in [3.8, 4) is 17.6 Å². The first-order valence-electron chi connectivity index (χ1n) is 8.53. The lowest BCUT2D eigenvalue weighted by Gasteiger charge is -2.36. The van der Waals surface area contributed by atoms with Crippen LogP contribution in [0.3, 0.4) is 0 Å². The number of nitriles is 1. The van der Waals surface area contributed by atoms with Gasteiger partial charge in [-0.3, -0.25) is 4.79 Å². The third kappa shape index (κ3) is 3.93. The van der Waals surface area contributed by atoms with E-state index >= 15 is 0 Å². The predicted octanol–water partition coefficient (Wildman–Crippen LogP) is 3.19. The van der Waals surface area contributed by atoms with E-state index in [0.717, 1.165) is 5.69 Å². The van der Waals surface area contributed by atoms with Crippen LogP contribution < -0.4 is 14.4 Å². The van der Waals surface area contributed by atoms with Crippen molar-refractivity contribution in [2.45, 2.75) is 0 Å². The van der Waals surface area contributed by atoms with Crippen molar-refractivity contribution in [2.75, 3.05) is 45.3 Å². The fraction of sp³-hybridized carbons (Fsp3) is 0.300. The number of rotatable bonds is 4. The summed E-state index contributed by atoms with van der Waals surface area (Å²) in [6.07, 6.45) is 0. The van der Waals surface area contributed by atoms with Gasteiger partial charge in [0, 0.05) is 36.8 Å². The molecule has 0 spiro atoms. The molecule has 0 saturated carbocycles. The second-order valence-electron chi connectivity index (χ2n) is 6.12. The molecule has 0 bridgehead atoms. The molecular formula is C20H20ClN3O3. The maximum absolute atomic E-state index is 12.8. The molecule has 0 atom stereocenters. The topological polar surface area (TPSA) is 65.8 Å². The van der Waals surface area contributed by atoms with Crippen molar-refractivity contribution >= 4 is 23.2 Å². The fourth-order valence-electron chi connectivity index (χ4n) is 3.18. The molecule has 1 amide bonds. The smallest absolute Gasteiger partial charge is 0.254 e. The minimum absolute atomic E-state index is 0.0489. The zero-order chi connectivity index (χ0) is 19.4. The number of carbonyl (C=O) groups excluding carboxylic acids is 1. The number of ether oxygens (including phenoxy) is 2. The second kappa shape index (κ2) is 8.19. The highest BCUT2D eigenvalue weighted by molar-refractivity contribution is 6.30. The van der Waals surface area contributed by atoms with Gasteiger partial charge in [-0.2, -0.15) is 5.26 Å². The molecule has 2 aromatic rings. The summed E-state index contributed by atoms with van der Waals surface area (Å²) in [4.78, 5) is 16.7. The van der Waals surface area contributed by atoms with Gasteiger partial charge >= 0.3 is 0 Å². The second-order valence-corrected chi connectivity index (χ2v) is 6.56. The number of anilines is 1. The molecule has 0 radical (unpaired) electrons. The molecule has 2 aromatic carbocycles. The van der Waals surface area contributed by atoms with Crippen LogP contribution in [0.15, 0.2) is 36.4 Å². The van der Waals surface area contributed by atoms with Crippen molar-refractivity contribution in [2.24, 2.45) is 0 Å². The molecule has 7 heteroatoms. The number of benzene rings is 2. The molecule has 140 valence electrons. The molecule has 1 aliphatic rings. The standard InChI is InChI=1S/C20H20ClN3O3/c1-26-18-6-3-14(12-19(18)27-2)20(25)24-9-7-23(8-10-24)17-5-4-16(21)11-15(17)13-22/h3-6,11-12H,7-10H2,1-2H3. The summed E-state index contributed by atoms with van der Waals surface area (Å²) in [5.41, 5.74) is 1.95. The van der Waals surface area contributed by atoms with Crippen LogP contribution in [-0.2, 0) is 0 Å². The van der Waals surface area contributed by atoms with Gasteiger partial charge in [-0.25, -0.2) is 0 Å². The maximum Gasteiger partial charge on any atom is 0.254 e. The molecule has 0 N–H and O–H groups in total. The average Bonchev–Trinajstić information content (AvgIpc) is 2.72. The van der Waals surface area contributed by atoms with Crippen LogP contribution in [-0.4, -0.2) is 51.2 Å². The van der Waals surface area contributed by atoms with Gasteiger partial charge in [0.1, 0.15) is 6.07 Å². The number of methoxy groups -OCH3 is 2. The lowest BCUT2D eigenvalue weighted by Crippen LogP contribution is -2.49. The molecular weight excluding hydrogens is 366 g/mol. The summed E-state index contributed by atoms with van der Waals surface area (Å²) in [5, 5.41) is 9.87. The Kier molecular flexibility index (Phi) is 5.72. The van der Waals surface area contributed by atoms with Crippen molar-refractivity contribution in [1.29, 1.82) is 5.26 Å². The van der Waals surface area contributed by atoms with E-state index in [1.807, 2.05) is 6.07 Å². The molecule has 1 fully saturated rings. The predicted molar refractivity (Wildman–Crippen MR) is 104 cm³/mol. The lowest BCUT2D eigenvalue weighted by molar-refractivity contribution is 0.0746. The molecule has 6 nitrogen and oxygen atoms in total. The summed E-state index contributed by atoms with van der Waals surface area (Å²) < 4.78 is 10.5. The monoisotopic (exact) mass is 385 g/mol. The van der Waals surface area contributed by atoms with E-state index in [0.29, 0.717) is 53.8 Å². The Morgan fingerprint density at radius 1 is 1.04 bits per heavy atom. The largest absolute Gasteiger partial charge is 0.493 e. The Hall–Kier alpha value is -2.91. The van der Waals surface area contributed by atoms with Gasteiger partial charge in [0.05, 0.1) is 25.5 Å². The van der Waals surface area contributed by atoms with E-state index in [9.17, 15) is 10.1 Å². The van der Waals surface area contributed by atoms with E-state index in [-0.39, 0.29) is 5.91 Å². The Bertz CT molecular complexity index is 887. The number of amides is 1. The summed E-state index contributed by atoms with van der Waals surface area (Å²) in [6, 6.07) is 12.6. The Morgan fingerprint density at radius 3 is 2.37 bits per heavy atom. The quantitative estimate of drug-likeness (QED) is 0.808. The van der Waals surface area contributed by atoms with Crippen LogP contribution in [0.2, 0.25) is 5.02 Å². The number of carbonyl (C=O) groups is 1. The van der Waals surface area contributed by atoms with Gasteiger partial charge in [-0.15, -0.1) is 0 Å². The Morgan fingerprint density at radius 2 is 1.74 bits per heavy atom. The number of nitrogens with zero attached hydrogens (tertiary/aromatic N) is 3. The molecule has 0 aliphatic carbocycles. The van der Waals surface area contributed by atoms with Crippen molar-refractivity contribution in [1.82, 2.24) is 4.90 Å². The molecule has 0 unspecified atom stereocenters. The van der Waals surface area contributed by atoms with Crippen LogP contribution in [0.1, 0.15) is 15.9 Å². The number of hydrogen-bond donors (Lipinski definition) is 0. The van der Waals surface area contributed by atoms with Gasteiger partial charge in [0.25, 0.3) is 5.91 Å². The average molecular weight is 386 g/mol. The molecule has 1 heterocycles. The van der Waals surface area contributed by atoms with E-state index in [1.165, 1.54) is 0 Å². The maximum atomic E-state index is 12.8. The van der Waals surface area contributed by atoms with E-state index in [1.54, 1.807) is 49.5 Å². The third-order valence-electron chi connectivity index (χ3n) is 4.62. The first-order valence-corrected chi connectivity index (χ1v) is 8.91. The van der Waals surface area contributed by atoms with Crippen LogP contribution in [0.5, 0.6) is 11.5 Å². The van der Waals surface area contributed by atoms with Gasteiger partial charge in [0.15, 0.2) is 11.5 Å². The van der Waals surface area contributed by atoms with E-state index < -0.39 is 0 Å². The lowest BCUT2D eigenvalue weighted by atomic mass is 10.1. The summed E-state index contributed by atoms with van der Waals surface area (Å²) in [5.74, 6) is 1.07. The summed E-state index contributed by atoms with van der Waals surface area (Å²) in [6.45, 7) is 2.44. The third-order valence-corrected chi connectivity index (χ3v) is 4.85. The van der Waals surface area contributed by atoms with E-state index in [4.69, 9.17) is 21.1 Å². The molecule has 27 heavy (non-hydrogen) atoms. The zero-order valence-corrected chi connectivity index (χ0v) is 16.0. The van der Waals surface area contributed by atoms with Crippen LogP contribution in [0, 0.1) is 11.3 Å². The number of piperazine rings is 1. The highest BCUT2D eigenvalue weighted by Crippen LogP contribution is 2.29. The number of hydrogen-bond acceptors (Lipinski definition) is 5. The summed E-state index contributed by atoms with van der Waals surface area (Å²) >= 11 is 5.97. The van der Waals surface area contributed by atoms with Crippen molar-refractivity contribution in [3.63, 3.8) is 0 Å². The zero-order valence-electron chi connectivity index (χ0n) is 15.2. The van der Waals surface area contributed by atoms with Crippen molar-refractivity contribution in [3.05, 3.63) is 52.5 Å². The van der Waals surface area contributed by atoms with Crippen molar-refractivity contribution < 1.29 is 14.3 Å². The van der Waals surface area contributed by atoms with Crippen LogP contribution in [0.25, 0.3) is 0 Å². The van der Waals surface area contributed by atoms with Gasteiger partial charge in [0.2, 0.25) is 0 Å². The minimum Gasteiger partial charge on any atom is -0.493 e. The minimum atomic E-state index is -0.0489. The van der Waals surface area contributed by atoms with Gasteiger partial charge < -0.3 is 19.3 Å². The Labute approximate surface area is 163 Å². The molecule has 1 saturated heterocycles. The first-order chi connectivity index (χ1) is 13.1. The van der Waals surface area contributed by atoms with E-state index in [2.05, 4.69) is 11.0 Å². The summed E-state index contributed by atoms with van der Waals surface area (Å²) in [7, 11) is 3.11. The Balaban J connectivity index is 1.71. The molecule has 1 aliphatic heterocycles. The highest BCUT2D eigenvalue weighted by Gasteiger charge is 2.24. The van der Waals surface area contributed by atoms with Gasteiger partial charge in [-0.1, -0.05) is 11.6 Å². The first kappa shape index (κ1) is 18.9.